The third-order valence-corrected chi connectivity index (χ3v) is 11.5. The molecule has 3 amide bonds. The SMILES string of the molecule is CCCCN(CC)C(=O)c1cc(-c2cc3c(cc2C(=O)N2Cc4ccccc4C[C@H]2CN2CCOCC2)CN(C(=O)Oc2ccccc2)CC3)n(C)c1C. The molecule has 1 aromatic heterocycles. The second-order valence-electron chi connectivity index (χ2n) is 14.8. The smallest absolute Gasteiger partial charge is 0.410 e. The summed E-state index contributed by atoms with van der Waals surface area (Å²) in [5, 5.41) is 0. The van der Waals surface area contributed by atoms with Gasteiger partial charge < -0.3 is 28.7 Å². The fourth-order valence-electron chi connectivity index (χ4n) is 8.13. The van der Waals surface area contributed by atoms with Crippen LogP contribution in [0.3, 0.4) is 0 Å². The molecule has 0 saturated carbocycles. The molecule has 3 aromatic carbocycles. The minimum absolute atomic E-state index is 0.0157. The number of aromatic nitrogens is 1. The lowest BCUT2D eigenvalue weighted by Crippen LogP contribution is -2.52. The average Bonchev–Trinajstić information content (AvgIpc) is 3.50. The van der Waals surface area contributed by atoms with Crippen LogP contribution in [0.1, 0.15) is 75.4 Å². The third kappa shape index (κ3) is 7.81. The largest absolute Gasteiger partial charge is 0.415 e. The van der Waals surface area contributed by atoms with Gasteiger partial charge >= 0.3 is 6.09 Å². The summed E-state index contributed by atoms with van der Waals surface area (Å²) in [7, 11) is 1.98. The average molecular weight is 732 g/mol. The Balaban J connectivity index is 1.29. The minimum Gasteiger partial charge on any atom is -0.410 e. The second kappa shape index (κ2) is 16.6. The Kier molecular flexibility index (Phi) is 11.5. The van der Waals surface area contributed by atoms with Gasteiger partial charge in [-0.05, 0) is 85.7 Å². The van der Waals surface area contributed by atoms with E-state index in [1.54, 1.807) is 17.0 Å². The maximum Gasteiger partial charge on any atom is 0.415 e. The molecule has 3 aliphatic rings. The summed E-state index contributed by atoms with van der Waals surface area (Å²) in [5.41, 5.74) is 8.21. The Labute approximate surface area is 319 Å². The first-order valence-electron chi connectivity index (χ1n) is 19.6. The maximum atomic E-state index is 15.3. The Hall–Kier alpha value is -4.93. The molecule has 1 fully saturated rings. The minimum atomic E-state index is -0.410. The number of carbonyl (C=O) groups excluding carboxylic acids is 3. The standard InChI is InChI=1S/C44H53N5O5/c1-5-7-18-47(6-2)42(50)38-27-41(45(4)31(38)3)39-25-33-17-19-48(44(52)54-37-15-9-8-10-16-37)28-35(33)26-40(39)43(51)49-29-34-14-12-11-13-32(34)24-36(49)30-46-20-22-53-23-21-46/h8-16,25-27,36H,5-7,17-24,28-30H2,1-4H3/t36-/m0/s1. The number of hydrogen-bond donors (Lipinski definition) is 0. The summed E-state index contributed by atoms with van der Waals surface area (Å²) in [4.78, 5) is 50.7. The van der Waals surface area contributed by atoms with Gasteiger partial charge in [0.25, 0.3) is 11.8 Å². The molecular weight excluding hydrogens is 679 g/mol. The van der Waals surface area contributed by atoms with Crippen LogP contribution in [-0.2, 0) is 37.7 Å². The van der Waals surface area contributed by atoms with E-state index in [1.807, 2.05) is 62.2 Å². The van der Waals surface area contributed by atoms with Crippen molar-refractivity contribution in [2.24, 2.45) is 7.05 Å². The van der Waals surface area contributed by atoms with Gasteiger partial charge in [0.1, 0.15) is 5.75 Å². The van der Waals surface area contributed by atoms with Crippen molar-refractivity contribution >= 4 is 17.9 Å². The fraction of sp³-hybridized carbons (Fsp3) is 0.432. The normalized spacial score (nSPS) is 17.1. The lowest BCUT2D eigenvalue weighted by atomic mass is 9.89. The van der Waals surface area contributed by atoms with Crippen molar-refractivity contribution in [3.05, 3.63) is 112 Å². The Bertz CT molecular complexity index is 1980. The van der Waals surface area contributed by atoms with Crippen molar-refractivity contribution in [1.82, 2.24) is 24.2 Å². The molecule has 10 nitrogen and oxygen atoms in total. The topological polar surface area (TPSA) is 87.6 Å². The van der Waals surface area contributed by atoms with E-state index >= 15 is 4.79 Å². The van der Waals surface area contributed by atoms with Gasteiger partial charge in [-0.25, -0.2) is 4.79 Å². The van der Waals surface area contributed by atoms with Crippen LogP contribution in [0.5, 0.6) is 5.75 Å². The van der Waals surface area contributed by atoms with Gasteiger partial charge in [0.2, 0.25) is 0 Å². The first-order chi connectivity index (χ1) is 26.2. The number of morpholine rings is 1. The van der Waals surface area contributed by atoms with Crippen molar-refractivity contribution in [1.29, 1.82) is 0 Å². The first-order valence-corrected chi connectivity index (χ1v) is 19.6. The summed E-state index contributed by atoms with van der Waals surface area (Å²) in [6.07, 6.45) is 2.94. The highest BCUT2D eigenvalue weighted by atomic mass is 16.6. The van der Waals surface area contributed by atoms with E-state index in [-0.39, 0.29) is 17.9 Å². The highest BCUT2D eigenvalue weighted by Gasteiger charge is 2.35. The van der Waals surface area contributed by atoms with Crippen LogP contribution in [0, 0.1) is 6.92 Å². The number of ether oxygens (including phenoxy) is 2. The van der Waals surface area contributed by atoms with E-state index in [0.29, 0.717) is 69.2 Å². The molecule has 54 heavy (non-hydrogen) atoms. The molecule has 3 aliphatic heterocycles. The summed E-state index contributed by atoms with van der Waals surface area (Å²) >= 11 is 0. The fourth-order valence-corrected chi connectivity index (χ4v) is 8.13. The van der Waals surface area contributed by atoms with E-state index in [2.05, 4.69) is 45.6 Å². The van der Waals surface area contributed by atoms with Crippen molar-refractivity contribution in [2.75, 3.05) is 52.5 Å². The molecule has 0 N–H and O–H groups in total. The van der Waals surface area contributed by atoms with Gasteiger partial charge in [0.15, 0.2) is 0 Å². The third-order valence-electron chi connectivity index (χ3n) is 11.5. The molecule has 7 rings (SSSR count). The van der Waals surface area contributed by atoms with Crippen molar-refractivity contribution < 1.29 is 23.9 Å². The van der Waals surface area contributed by atoms with Gasteiger partial charge in [-0.3, -0.25) is 14.5 Å². The highest BCUT2D eigenvalue weighted by Crippen LogP contribution is 2.36. The van der Waals surface area contributed by atoms with Gasteiger partial charge in [0.05, 0.1) is 18.8 Å². The van der Waals surface area contributed by atoms with Gasteiger partial charge in [0, 0.05) is 88.0 Å². The Morgan fingerprint density at radius 1 is 0.852 bits per heavy atom. The van der Waals surface area contributed by atoms with Crippen molar-refractivity contribution in [3.63, 3.8) is 0 Å². The summed E-state index contributed by atoms with van der Waals surface area (Å²) in [6, 6.07) is 23.6. The molecule has 0 aliphatic carbocycles. The van der Waals surface area contributed by atoms with Crippen molar-refractivity contribution in [2.45, 2.75) is 65.6 Å². The van der Waals surface area contributed by atoms with Crippen LogP contribution in [0.4, 0.5) is 4.79 Å². The molecule has 0 bridgehead atoms. The van der Waals surface area contributed by atoms with E-state index in [0.717, 1.165) is 72.5 Å². The highest BCUT2D eigenvalue weighted by molar-refractivity contribution is 6.03. The lowest BCUT2D eigenvalue weighted by Gasteiger charge is -2.41. The van der Waals surface area contributed by atoms with E-state index in [1.165, 1.54) is 5.56 Å². The zero-order valence-corrected chi connectivity index (χ0v) is 32.2. The summed E-state index contributed by atoms with van der Waals surface area (Å²) in [5.74, 6) is 0.466. The number of carbonyl (C=O) groups is 3. The van der Waals surface area contributed by atoms with Crippen LogP contribution in [0.25, 0.3) is 11.3 Å². The predicted octanol–water partition coefficient (Wildman–Crippen LogP) is 6.72. The molecule has 0 unspecified atom stereocenters. The van der Waals surface area contributed by atoms with Crippen molar-refractivity contribution in [3.8, 4) is 17.0 Å². The molecule has 1 saturated heterocycles. The monoisotopic (exact) mass is 731 g/mol. The van der Waals surface area contributed by atoms with E-state index < -0.39 is 6.09 Å². The molecule has 4 heterocycles. The number of benzene rings is 3. The summed E-state index contributed by atoms with van der Waals surface area (Å²) < 4.78 is 13.4. The van der Waals surface area contributed by atoms with E-state index in [4.69, 9.17) is 9.47 Å². The first kappa shape index (κ1) is 37.4. The molecule has 4 aromatic rings. The zero-order chi connectivity index (χ0) is 37.8. The molecule has 284 valence electrons. The molecule has 1 atom stereocenters. The molecule has 10 heteroatoms. The number of para-hydroxylation sites is 1. The summed E-state index contributed by atoms with van der Waals surface area (Å²) in [6.45, 7) is 12.6. The zero-order valence-electron chi connectivity index (χ0n) is 32.2. The lowest BCUT2D eigenvalue weighted by molar-refractivity contribution is 0.0193. The quantitative estimate of drug-likeness (QED) is 0.180. The predicted molar refractivity (Wildman–Crippen MR) is 210 cm³/mol. The number of nitrogens with zero attached hydrogens (tertiary/aromatic N) is 5. The number of rotatable bonds is 10. The van der Waals surface area contributed by atoms with E-state index in [9.17, 15) is 9.59 Å². The van der Waals surface area contributed by atoms with Crippen LogP contribution >= 0.6 is 0 Å². The Morgan fingerprint density at radius 3 is 2.33 bits per heavy atom. The molecule has 0 radical (unpaired) electrons. The second-order valence-corrected chi connectivity index (χ2v) is 14.8. The van der Waals surface area contributed by atoms with Crippen LogP contribution in [-0.4, -0.2) is 101 Å². The van der Waals surface area contributed by atoms with Gasteiger partial charge in [-0.2, -0.15) is 0 Å². The Morgan fingerprint density at radius 2 is 1.59 bits per heavy atom. The maximum absolute atomic E-state index is 15.3. The van der Waals surface area contributed by atoms with Crippen LogP contribution < -0.4 is 4.74 Å². The molecule has 0 spiro atoms. The number of fused-ring (bicyclic) bond motifs is 2. The van der Waals surface area contributed by atoms with Crippen LogP contribution in [0.15, 0.2) is 72.8 Å². The van der Waals surface area contributed by atoms with Gasteiger partial charge in [-0.15, -0.1) is 0 Å². The number of hydrogen-bond acceptors (Lipinski definition) is 6. The number of unbranched alkanes of at least 4 members (excludes halogenated alkanes) is 1. The number of amides is 3. The molecular formula is C44H53N5O5. The van der Waals surface area contributed by atoms with Crippen LogP contribution in [0.2, 0.25) is 0 Å². The van der Waals surface area contributed by atoms with Gasteiger partial charge in [-0.1, -0.05) is 55.8 Å².